The van der Waals surface area contributed by atoms with E-state index in [1.807, 2.05) is 50.2 Å². The number of carbonyl (C=O) groups is 1. The Balaban J connectivity index is 1.77. The van der Waals surface area contributed by atoms with Crippen molar-refractivity contribution in [3.8, 4) is 5.75 Å². The Morgan fingerprint density at radius 1 is 1.03 bits per heavy atom. The van der Waals surface area contributed by atoms with Crippen LogP contribution in [0.4, 0.5) is 0 Å². The lowest BCUT2D eigenvalue weighted by atomic mass is 9.97. The zero-order chi connectivity index (χ0) is 21.7. The minimum atomic E-state index is -0.607. The SMILES string of the molecule is COc1cccc([C@@H]2c3c(oc4cc(C)c(C)cc4c3=O)C(=O)N2Cc2ccco2)c1. The zero-order valence-corrected chi connectivity index (χ0v) is 17.5. The highest BCUT2D eigenvalue weighted by Gasteiger charge is 2.43. The second-order valence-electron chi connectivity index (χ2n) is 7.80. The summed E-state index contributed by atoms with van der Waals surface area (Å²) in [5, 5.41) is 0.474. The molecule has 2 aromatic heterocycles. The molecule has 0 radical (unpaired) electrons. The number of furan rings is 1. The number of aryl methyl sites for hydroxylation is 2. The second-order valence-corrected chi connectivity index (χ2v) is 7.80. The summed E-state index contributed by atoms with van der Waals surface area (Å²) in [5.41, 5.74) is 3.34. The molecule has 3 heterocycles. The van der Waals surface area contributed by atoms with Crippen molar-refractivity contribution in [1.29, 1.82) is 0 Å². The van der Waals surface area contributed by atoms with Crippen molar-refractivity contribution in [3.05, 3.63) is 98.8 Å². The van der Waals surface area contributed by atoms with E-state index in [4.69, 9.17) is 13.6 Å². The average molecular weight is 415 g/mol. The van der Waals surface area contributed by atoms with Crippen LogP contribution in [0.3, 0.4) is 0 Å². The molecule has 0 fully saturated rings. The van der Waals surface area contributed by atoms with Gasteiger partial charge in [-0.25, -0.2) is 0 Å². The molecule has 1 amide bonds. The molecule has 0 bridgehead atoms. The Hall–Kier alpha value is -3.80. The molecular weight excluding hydrogens is 394 g/mol. The molecule has 0 aliphatic carbocycles. The summed E-state index contributed by atoms with van der Waals surface area (Å²) in [7, 11) is 1.58. The lowest BCUT2D eigenvalue weighted by Crippen LogP contribution is -2.29. The maximum absolute atomic E-state index is 13.6. The fourth-order valence-electron chi connectivity index (χ4n) is 4.17. The number of ether oxygens (including phenoxy) is 1. The number of amides is 1. The van der Waals surface area contributed by atoms with Crippen LogP contribution in [0.25, 0.3) is 11.0 Å². The minimum Gasteiger partial charge on any atom is -0.497 e. The molecule has 156 valence electrons. The van der Waals surface area contributed by atoms with E-state index in [1.165, 1.54) is 0 Å². The van der Waals surface area contributed by atoms with Crippen LogP contribution >= 0.6 is 0 Å². The quantitative estimate of drug-likeness (QED) is 0.481. The van der Waals surface area contributed by atoms with Gasteiger partial charge in [0.15, 0.2) is 5.43 Å². The molecule has 0 saturated carbocycles. The molecule has 1 aliphatic heterocycles. The molecule has 6 nitrogen and oxygen atoms in total. The lowest BCUT2D eigenvalue weighted by Gasteiger charge is -2.24. The molecule has 2 aromatic carbocycles. The first-order valence-electron chi connectivity index (χ1n) is 10.0. The van der Waals surface area contributed by atoms with E-state index in [0.29, 0.717) is 28.0 Å². The number of methoxy groups -OCH3 is 1. The first-order chi connectivity index (χ1) is 15.0. The Kier molecular flexibility index (Phi) is 4.43. The topological polar surface area (TPSA) is 72.9 Å². The van der Waals surface area contributed by atoms with Crippen LogP contribution in [-0.4, -0.2) is 17.9 Å². The van der Waals surface area contributed by atoms with Crippen molar-refractivity contribution in [1.82, 2.24) is 4.90 Å². The predicted octanol–water partition coefficient (Wildman–Crippen LogP) is 4.76. The third-order valence-electron chi connectivity index (χ3n) is 5.90. The smallest absolute Gasteiger partial charge is 0.291 e. The zero-order valence-electron chi connectivity index (χ0n) is 17.5. The summed E-state index contributed by atoms with van der Waals surface area (Å²) < 4.78 is 16.9. The van der Waals surface area contributed by atoms with Crippen molar-refractivity contribution < 1.29 is 18.4 Å². The summed E-state index contributed by atoms with van der Waals surface area (Å²) in [6.45, 7) is 4.12. The number of fused-ring (bicyclic) bond motifs is 2. The van der Waals surface area contributed by atoms with Gasteiger partial charge in [0.1, 0.15) is 17.1 Å². The minimum absolute atomic E-state index is 0.0835. The van der Waals surface area contributed by atoms with Crippen LogP contribution in [-0.2, 0) is 6.54 Å². The third kappa shape index (κ3) is 3.03. The molecule has 6 heteroatoms. The van der Waals surface area contributed by atoms with E-state index in [1.54, 1.807) is 30.4 Å². The summed E-state index contributed by atoms with van der Waals surface area (Å²) in [4.78, 5) is 28.7. The highest BCUT2D eigenvalue weighted by Crippen LogP contribution is 2.40. The maximum Gasteiger partial charge on any atom is 0.291 e. The van der Waals surface area contributed by atoms with Crippen LogP contribution in [0.5, 0.6) is 5.75 Å². The van der Waals surface area contributed by atoms with Crippen LogP contribution < -0.4 is 10.2 Å². The molecule has 0 unspecified atom stereocenters. The van der Waals surface area contributed by atoms with Gasteiger partial charge in [-0.3, -0.25) is 9.59 Å². The standard InChI is InChI=1S/C25H21NO5/c1-14-10-19-20(11-15(14)2)31-24-21(23(19)27)22(16-6-4-7-17(12-16)29-3)26(25(24)28)13-18-8-5-9-30-18/h4-12,22H,13H2,1-3H3/t22-/m1/s1. The van der Waals surface area contributed by atoms with E-state index in [0.717, 1.165) is 16.7 Å². The maximum atomic E-state index is 13.6. The molecule has 1 aliphatic rings. The number of hydrogen-bond donors (Lipinski definition) is 0. The van der Waals surface area contributed by atoms with Crippen LogP contribution in [0.1, 0.15) is 44.6 Å². The first-order valence-corrected chi connectivity index (χ1v) is 10.0. The molecule has 31 heavy (non-hydrogen) atoms. The lowest BCUT2D eigenvalue weighted by molar-refractivity contribution is 0.0701. The van der Waals surface area contributed by atoms with E-state index in [-0.39, 0.29) is 23.6 Å². The molecule has 0 saturated heterocycles. The third-order valence-corrected chi connectivity index (χ3v) is 5.90. The highest BCUT2D eigenvalue weighted by atomic mass is 16.5. The summed E-state index contributed by atoms with van der Waals surface area (Å²) in [6, 6.07) is 14.0. The number of benzene rings is 2. The Bertz CT molecular complexity index is 1370. The van der Waals surface area contributed by atoms with E-state index >= 15 is 0 Å². The van der Waals surface area contributed by atoms with Gasteiger partial charge in [-0.15, -0.1) is 0 Å². The average Bonchev–Trinajstić information content (AvgIpc) is 3.37. The van der Waals surface area contributed by atoms with E-state index < -0.39 is 6.04 Å². The Morgan fingerprint density at radius 3 is 2.58 bits per heavy atom. The van der Waals surface area contributed by atoms with Crippen LogP contribution in [0.15, 0.2) is 68.4 Å². The molecule has 4 aromatic rings. The van der Waals surface area contributed by atoms with Crippen molar-refractivity contribution in [2.45, 2.75) is 26.4 Å². The summed E-state index contributed by atoms with van der Waals surface area (Å²) >= 11 is 0. The Morgan fingerprint density at radius 2 is 1.84 bits per heavy atom. The van der Waals surface area contributed by atoms with E-state index in [9.17, 15) is 9.59 Å². The largest absolute Gasteiger partial charge is 0.497 e. The van der Waals surface area contributed by atoms with Gasteiger partial charge in [0, 0.05) is 0 Å². The predicted molar refractivity (Wildman–Crippen MR) is 115 cm³/mol. The fourth-order valence-corrected chi connectivity index (χ4v) is 4.17. The van der Waals surface area contributed by atoms with Gasteiger partial charge in [-0.2, -0.15) is 0 Å². The first kappa shape index (κ1) is 19.2. The van der Waals surface area contributed by atoms with Gasteiger partial charge < -0.3 is 18.5 Å². The van der Waals surface area contributed by atoms with Gasteiger partial charge in [-0.1, -0.05) is 12.1 Å². The van der Waals surface area contributed by atoms with Gasteiger partial charge >= 0.3 is 0 Å². The Labute approximate surface area is 178 Å². The highest BCUT2D eigenvalue weighted by molar-refractivity contribution is 5.99. The second kappa shape index (κ2) is 7.16. The van der Waals surface area contributed by atoms with Crippen molar-refractivity contribution >= 4 is 16.9 Å². The van der Waals surface area contributed by atoms with Crippen LogP contribution in [0, 0.1) is 13.8 Å². The molecule has 5 rings (SSSR count). The summed E-state index contributed by atoms with van der Waals surface area (Å²) in [6.07, 6.45) is 1.56. The van der Waals surface area contributed by atoms with Crippen molar-refractivity contribution in [2.24, 2.45) is 0 Å². The molecule has 0 N–H and O–H groups in total. The monoisotopic (exact) mass is 415 g/mol. The van der Waals surface area contributed by atoms with Gasteiger partial charge in [0.25, 0.3) is 5.91 Å². The molecular formula is C25H21NO5. The number of carbonyl (C=O) groups excluding carboxylic acids is 1. The number of rotatable bonds is 4. The van der Waals surface area contributed by atoms with Gasteiger partial charge in [-0.05, 0) is 66.9 Å². The molecule has 0 spiro atoms. The van der Waals surface area contributed by atoms with Crippen LogP contribution in [0.2, 0.25) is 0 Å². The number of hydrogen-bond acceptors (Lipinski definition) is 5. The van der Waals surface area contributed by atoms with E-state index in [2.05, 4.69) is 0 Å². The van der Waals surface area contributed by atoms with Crippen molar-refractivity contribution in [2.75, 3.05) is 7.11 Å². The van der Waals surface area contributed by atoms with Crippen molar-refractivity contribution in [3.63, 3.8) is 0 Å². The van der Waals surface area contributed by atoms with Gasteiger partial charge in [0.2, 0.25) is 5.76 Å². The number of nitrogens with zero attached hydrogens (tertiary/aromatic N) is 1. The fraction of sp³-hybridized carbons (Fsp3) is 0.200. The molecule has 1 atom stereocenters. The normalized spacial score (nSPS) is 15.5. The summed E-state index contributed by atoms with van der Waals surface area (Å²) in [5.74, 6) is 1.02. The van der Waals surface area contributed by atoms with Gasteiger partial charge in [0.05, 0.1) is 36.9 Å².